The monoisotopic (exact) mass is 307 g/mol. The van der Waals surface area contributed by atoms with Crippen molar-refractivity contribution in [3.63, 3.8) is 0 Å². The predicted molar refractivity (Wildman–Crippen MR) is 69.3 cm³/mol. The summed E-state index contributed by atoms with van der Waals surface area (Å²) in [6.45, 7) is 1.97. The molecule has 1 saturated heterocycles. The van der Waals surface area contributed by atoms with E-state index in [9.17, 15) is 18.0 Å². The van der Waals surface area contributed by atoms with Gasteiger partial charge in [0, 0.05) is 26.2 Å². The van der Waals surface area contributed by atoms with Crippen molar-refractivity contribution in [1.82, 2.24) is 9.80 Å². The van der Waals surface area contributed by atoms with Crippen LogP contribution in [0.1, 0.15) is 19.8 Å². The van der Waals surface area contributed by atoms with Crippen molar-refractivity contribution in [3.05, 3.63) is 0 Å². The molecule has 1 unspecified atom stereocenters. The first-order chi connectivity index (χ1) is 9.87. The largest absolute Gasteiger partial charge is 0.411 e. The highest BCUT2D eigenvalue weighted by molar-refractivity contribution is 5.77. The highest BCUT2D eigenvalue weighted by Crippen LogP contribution is 2.15. The molecular weight excluding hydrogens is 287 g/mol. The first-order valence-electron chi connectivity index (χ1n) is 6.93. The second kappa shape index (κ2) is 8.20. The van der Waals surface area contributed by atoms with Gasteiger partial charge in [-0.25, -0.2) is 0 Å². The molecule has 1 aliphatic heterocycles. The van der Waals surface area contributed by atoms with E-state index in [-0.39, 0.29) is 6.04 Å². The number of alkyl halides is 3. The van der Waals surface area contributed by atoms with Crippen LogP contribution in [0.5, 0.6) is 0 Å². The molecule has 21 heavy (non-hydrogen) atoms. The van der Waals surface area contributed by atoms with Gasteiger partial charge in [0.25, 0.3) is 0 Å². The van der Waals surface area contributed by atoms with E-state index >= 15 is 0 Å². The quantitative estimate of drug-likeness (QED) is 0.744. The third-order valence-corrected chi connectivity index (χ3v) is 3.31. The molecule has 1 heterocycles. The second-order valence-corrected chi connectivity index (χ2v) is 4.96. The molecule has 1 aliphatic rings. The van der Waals surface area contributed by atoms with Gasteiger partial charge < -0.3 is 9.64 Å². The van der Waals surface area contributed by atoms with Gasteiger partial charge in [-0.05, 0) is 6.42 Å². The molecule has 5 nitrogen and oxygen atoms in total. The Bertz CT molecular complexity index is 374. The molecule has 0 aromatic rings. The molecule has 0 saturated carbocycles. The molecule has 0 aromatic heterocycles. The Morgan fingerprint density at radius 1 is 1.33 bits per heavy atom. The fraction of sp³-hybridized carbons (Fsp3) is 0.846. The summed E-state index contributed by atoms with van der Waals surface area (Å²) in [7, 11) is 0. The molecule has 0 N–H and O–H groups in total. The predicted octanol–water partition coefficient (Wildman–Crippen LogP) is 1.40. The number of carbonyl (C=O) groups is 1. The van der Waals surface area contributed by atoms with E-state index < -0.39 is 25.3 Å². The van der Waals surface area contributed by atoms with Gasteiger partial charge in [0.05, 0.1) is 12.1 Å². The zero-order chi connectivity index (χ0) is 15.9. The highest BCUT2D eigenvalue weighted by atomic mass is 19.4. The van der Waals surface area contributed by atoms with Crippen LogP contribution in [0.3, 0.4) is 0 Å². The Morgan fingerprint density at radius 3 is 2.43 bits per heavy atom. The minimum Gasteiger partial charge on any atom is -0.362 e. The molecule has 0 radical (unpaired) electrons. The van der Waals surface area contributed by atoms with Crippen molar-refractivity contribution in [3.8, 4) is 6.07 Å². The number of carbonyl (C=O) groups excluding carboxylic acids is 1. The summed E-state index contributed by atoms with van der Waals surface area (Å²) in [5.74, 6) is -0.442. The van der Waals surface area contributed by atoms with Crippen molar-refractivity contribution in [2.24, 2.45) is 0 Å². The standard InChI is InChI=1S/C13H20F3N3O2/c1-2-3-11(8-17)18-4-6-19(7-5-18)12(20)9-21-10-13(14,15)16/h11H,2-7,9-10H2,1H3. The minimum absolute atomic E-state index is 0.159. The Labute approximate surface area is 122 Å². The van der Waals surface area contributed by atoms with Gasteiger partial charge in [-0.2, -0.15) is 18.4 Å². The number of nitrogens with zero attached hydrogens (tertiary/aromatic N) is 3. The van der Waals surface area contributed by atoms with Crippen LogP contribution >= 0.6 is 0 Å². The lowest BCUT2D eigenvalue weighted by molar-refractivity contribution is -0.178. The van der Waals surface area contributed by atoms with Crippen LogP contribution in [-0.2, 0) is 9.53 Å². The third-order valence-electron chi connectivity index (χ3n) is 3.31. The van der Waals surface area contributed by atoms with Gasteiger partial charge in [-0.15, -0.1) is 0 Å². The van der Waals surface area contributed by atoms with Gasteiger partial charge in [-0.1, -0.05) is 13.3 Å². The maximum Gasteiger partial charge on any atom is 0.411 e. The summed E-state index contributed by atoms with van der Waals surface area (Å²) in [5.41, 5.74) is 0. The topological polar surface area (TPSA) is 56.6 Å². The lowest BCUT2D eigenvalue weighted by Gasteiger charge is -2.36. The minimum atomic E-state index is -4.42. The fourth-order valence-electron chi connectivity index (χ4n) is 2.23. The first-order valence-corrected chi connectivity index (χ1v) is 6.93. The maximum atomic E-state index is 11.9. The SMILES string of the molecule is CCCC(C#N)N1CCN(C(=O)COCC(F)(F)F)CC1. The van der Waals surface area contributed by atoms with Gasteiger partial charge in [0.15, 0.2) is 0 Å². The van der Waals surface area contributed by atoms with Crippen LogP contribution in [0.25, 0.3) is 0 Å². The normalized spacial score (nSPS) is 18.3. The van der Waals surface area contributed by atoms with Crippen LogP contribution in [-0.4, -0.2) is 67.3 Å². The van der Waals surface area contributed by atoms with Crippen LogP contribution in [0.15, 0.2) is 0 Å². The molecule has 0 aliphatic carbocycles. The Morgan fingerprint density at radius 2 is 1.95 bits per heavy atom. The van der Waals surface area contributed by atoms with Crippen molar-refractivity contribution in [2.75, 3.05) is 39.4 Å². The zero-order valence-electron chi connectivity index (χ0n) is 12.0. The van der Waals surface area contributed by atoms with E-state index in [4.69, 9.17) is 5.26 Å². The van der Waals surface area contributed by atoms with Gasteiger partial charge >= 0.3 is 6.18 Å². The third kappa shape index (κ3) is 6.31. The average molecular weight is 307 g/mol. The van der Waals surface area contributed by atoms with Crippen molar-refractivity contribution in [2.45, 2.75) is 32.0 Å². The van der Waals surface area contributed by atoms with E-state index in [2.05, 4.69) is 10.8 Å². The molecule has 0 aromatic carbocycles. The van der Waals surface area contributed by atoms with Crippen LogP contribution in [0, 0.1) is 11.3 Å². The summed E-state index contributed by atoms with van der Waals surface area (Å²) in [6, 6.07) is 2.08. The fourth-order valence-corrected chi connectivity index (χ4v) is 2.23. The van der Waals surface area contributed by atoms with E-state index in [0.717, 1.165) is 12.8 Å². The summed E-state index contributed by atoms with van der Waals surface area (Å²) in [6.07, 6.45) is -2.74. The lowest BCUT2D eigenvalue weighted by atomic mass is 10.1. The van der Waals surface area contributed by atoms with Gasteiger partial charge in [0.1, 0.15) is 13.2 Å². The molecule has 1 amide bonds. The molecule has 0 spiro atoms. The van der Waals surface area contributed by atoms with Crippen molar-refractivity contribution in [1.29, 1.82) is 5.26 Å². The number of ether oxygens (including phenoxy) is 1. The molecule has 8 heteroatoms. The Balaban J connectivity index is 2.32. The van der Waals surface area contributed by atoms with Crippen LogP contribution in [0.2, 0.25) is 0 Å². The molecule has 1 fully saturated rings. The molecule has 0 bridgehead atoms. The summed E-state index contributed by atoms with van der Waals surface area (Å²) >= 11 is 0. The van der Waals surface area contributed by atoms with Crippen molar-refractivity contribution >= 4 is 5.91 Å². The lowest BCUT2D eigenvalue weighted by Crippen LogP contribution is -2.52. The van der Waals surface area contributed by atoms with Gasteiger partial charge in [-0.3, -0.25) is 9.69 Å². The number of nitriles is 1. The molecule has 1 atom stereocenters. The number of amides is 1. The summed E-state index contributed by atoms with van der Waals surface area (Å²) in [5, 5.41) is 9.08. The number of piperazine rings is 1. The van der Waals surface area contributed by atoms with Crippen LogP contribution in [0.4, 0.5) is 13.2 Å². The summed E-state index contributed by atoms with van der Waals surface area (Å²) in [4.78, 5) is 15.2. The van der Waals surface area contributed by atoms with E-state index in [1.165, 1.54) is 4.90 Å². The number of hydrogen-bond donors (Lipinski definition) is 0. The zero-order valence-corrected chi connectivity index (χ0v) is 12.0. The van der Waals surface area contributed by atoms with E-state index in [1.807, 2.05) is 11.8 Å². The number of hydrogen-bond acceptors (Lipinski definition) is 4. The maximum absolute atomic E-state index is 11.9. The Hall–Kier alpha value is -1.33. The average Bonchev–Trinajstić information content (AvgIpc) is 2.43. The number of rotatable bonds is 6. The highest BCUT2D eigenvalue weighted by Gasteiger charge is 2.29. The molecule has 1 rings (SSSR count). The van der Waals surface area contributed by atoms with Crippen molar-refractivity contribution < 1.29 is 22.7 Å². The van der Waals surface area contributed by atoms with Crippen LogP contribution < -0.4 is 0 Å². The smallest absolute Gasteiger partial charge is 0.362 e. The number of halogens is 3. The first kappa shape index (κ1) is 17.7. The second-order valence-electron chi connectivity index (χ2n) is 4.96. The van der Waals surface area contributed by atoms with E-state index in [1.54, 1.807) is 0 Å². The summed E-state index contributed by atoms with van der Waals surface area (Å²) < 4.78 is 40.1. The molecule has 120 valence electrons. The van der Waals surface area contributed by atoms with Gasteiger partial charge in [0.2, 0.25) is 5.91 Å². The Kier molecular flexibility index (Phi) is 6.92. The molecular formula is C13H20F3N3O2. The van der Waals surface area contributed by atoms with E-state index in [0.29, 0.717) is 26.2 Å².